The van der Waals surface area contributed by atoms with Crippen LogP contribution in [0.15, 0.2) is 48.7 Å². The molecule has 0 amide bonds. The molecule has 5 nitrogen and oxygen atoms in total. The number of nitrogens with zero attached hydrogens (tertiary/aromatic N) is 4. The van der Waals surface area contributed by atoms with Gasteiger partial charge >= 0.3 is 0 Å². The van der Waals surface area contributed by atoms with Crippen LogP contribution in [0.1, 0.15) is 30.4 Å². The first-order valence-electron chi connectivity index (χ1n) is 9.34. The lowest BCUT2D eigenvalue weighted by Gasteiger charge is -2.49. The first-order chi connectivity index (χ1) is 12.7. The summed E-state index contributed by atoms with van der Waals surface area (Å²) in [5, 5.41) is 20.7. The third-order valence-corrected chi connectivity index (χ3v) is 5.76. The number of likely N-dealkylation sites (tertiary alicyclic amines) is 1. The maximum atomic E-state index is 11.7. The van der Waals surface area contributed by atoms with Gasteiger partial charge in [0.25, 0.3) is 0 Å². The fourth-order valence-corrected chi connectivity index (χ4v) is 4.30. The summed E-state index contributed by atoms with van der Waals surface area (Å²) in [5.41, 5.74) is 0.737. The van der Waals surface area contributed by atoms with Crippen molar-refractivity contribution in [3.05, 3.63) is 59.8 Å². The Hall–Kier alpha value is -2.42. The van der Waals surface area contributed by atoms with Crippen molar-refractivity contribution >= 4 is 5.82 Å². The van der Waals surface area contributed by atoms with E-state index >= 15 is 0 Å². The Morgan fingerprint density at radius 3 is 2.50 bits per heavy atom. The first kappa shape index (κ1) is 17.0. The van der Waals surface area contributed by atoms with Gasteiger partial charge in [0.2, 0.25) is 0 Å². The Morgan fingerprint density at radius 1 is 1.08 bits per heavy atom. The fourth-order valence-electron chi connectivity index (χ4n) is 4.30. The van der Waals surface area contributed by atoms with Crippen molar-refractivity contribution in [3.8, 4) is 6.07 Å². The molecule has 3 heterocycles. The van der Waals surface area contributed by atoms with Gasteiger partial charge in [0, 0.05) is 19.3 Å². The van der Waals surface area contributed by atoms with Crippen molar-refractivity contribution in [1.82, 2.24) is 9.88 Å². The van der Waals surface area contributed by atoms with Gasteiger partial charge in [-0.25, -0.2) is 4.98 Å². The molecule has 4 rings (SSSR count). The quantitative estimate of drug-likeness (QED) is 0.923. The second-order valence-electron chi connectivity index (χ2n) is 7.26. The summed E-state index contributed by atoms with van der Waals surface area (Å²) < 4.78 is 0. The number of piperidine rings is 1. The molecule has 2 aliphatic heterocycles. The van der Waals surface area contributed by atoms with Crippen molar-refractivity contribution in [2.24, 2.45) is 0 Å². The van der Waals surface area contributed by atoms with Gasteiger partial charge < -0.3 is 10.0 Å². The van der Waals surface area contributed by atoms with E-state index < -0.39 is 5.60 Å². The molecule has 0 bridgehead atoms. The zero-order valence-electron chi connectivity index (χ0n) is 14.9. The molecule has 2 atom stereocenters. The summed E-state index contributed by atoms with van der Waals surface area (Å²) in [6.45, 7) is 3.56. The smallest absolute Gasteiger partial charge is 0.128 e. The molecule has 0 spiro atoms. The lowest BCUT2D eigenvalue weighted by atomic mass is 9.79. The Kier molecular flexibility index (Phi) is 4.62. The largest absolute Gasteiger partial charge is 0.383 e. The normalized spacial score (nSPS) is 26.6. The molecule has 26 heavy (non-hydrogen) atoms. The molecule has 0 saturated carbocycles. The van der Waals surface area contributed by atoms with Crippen LogP contribution in [0, 0.1) is 11.3 Å². The SMILES string of the molecule is N#Cc1ccc(N2CC[C@](O)(c3ccccc3)[C@H](N3CCCC3)C2)nc1. The van der Waals surface area contributed by atoms with Crippen LogP contribution < -0.4 is 4.90 Å². The fraction of sp³-hybridized carbons (Fsp3) is 0.429. The van der Waals surface area contributed by atoms with Crippen LogP contribution in [0.25, 0.3) is 0 Å². The lowest BCUT2D eigenvalue weighted by Crippen LogP contribution is -2.60. The maximum Gasteiger partial charge on any atom is 0.128 e. The van der Waals surface area contributed by atoms with Crippen molar-refractivity contribution in [2.75, 3.05) is 31.1 Å². The van der Waals surface area contributed by atoms with Gasteiger partial charge in [0.05, 0.1) is 11.6 Å². The number of hydrogen-bond acceptors (Lipinski definition) is 5. The minimum absolute atomic E-state index is 0.0404. The van der Waals surface area contributed by atoms with E-state index in [-0.39, 0.29) is 6.04 Å². The highest BCUT2D eigenvalue weighted by Gasteiger charge is 2.46. The molecule has 134 valence electrons. The monoisotopic (exact) mass is 348 g/mol. The molecule has 2 fully saturated rings. The molecule has 0 unspecified atom stereocenters. The Labute approximate surface area is 154 Å². The lowest BCUT2D eigenvalue weighted by molar-refractivity contribution is -0.0603. The molecule has 2 aromatic rings. The summed E-state index contributed by atoms with van der Waals surface area (Å²) in [6.07, 6.45) is 4.67. The number of hydrogen-bond donors (Lipinski definition) is 1. The van der Waals surface area contributed by atoms with Gasteiger partial charge in [-0.1, -0.05) is 30.3 Å². The van der Waals surface area contributed by atoms with E-state index in [2.05, 4.69) is 20.9 Å². The summed E-state index contributed by atoms with van der Waals surface area (Å²) >= 11 is 0. The number of nitriles is 1. The van der Waals surface area contributed by atoms with Gasteiger partial charge in [-0.2, -0.15) is 5.26 Å². The van der Waals surface area contributed by atoms with Crippen LogP contribution >= 0.6 is 0 Å². The molecule has 2 saturated heterocycles. The number of aliphatic hydroxyl groups is 1. The van der Waals surface area contributed by atoms with Crippen LogP contribution in [0.3, 0.4) is 0 Å². The predicted molar refractivity (Wildman–Crippen MR) is 101 cm³/mol. The number of rotatable bonds is 3. The zero-order valence-corrected chi connectivity index (χ0v) is 14.9. The highest BCUT2D eigenvalue weighted by Crippen LogP contribution is 2.38. The number of aromatic nitrogens is 1. The maximum absolute atomic E-state index is 11.7. The van der Waals surface area contributed by atoms with Crippen LogP contribution in [-0.4, -0.2) is 47.2 Å². The highest BCUT2D eigenvalue weighted by atomic mass is 16.3. The third kappa shape index (κ3) is 3.07. The Morgan fingerprint density at radius 2 is 1.85 bits per heavy atom. The van der Waals surface area contributed by atoms with Gasteiger partial charge in [0.15, 0.2) is 0 Å². The summed E-state index contributed by atoms with van der Waals surface area (Å²) in [7, 11) is 0. The van der Waals surface area contributed by atoms with E-state index in [1.165, 1.54) is 12.8 Å². The average Bonchev–Trinajstić information content (AvgIpc) is 3.24. The van der Waals surface area contributed by atoms with Crippen LogP contribution in [0.2, 0.25) is 0 Å². The molecule has 5 heteroatoms. The number of benzene rings is 1. The Bertz CT molecular complexity index is 780. The summed E-state index contributed by atoms with van der Waals surface area (Å²) in [6, 6.07) is 16.0. The van der Waals surface area contributed by atoms with Crippen LogP contribution in [-0.2, 0) is 5.60 Å². The predicted octanol–water partition coefficient (Wildman–Crippen LogP) is 2.52. The minimum atomic E-state index is -0.839. The van der Waals surface area contributed by atoms with Gasteiger partial charge in [-0.15, -0.1) is 0 Å². The van der Waals surface area contributed by atoms with Crippen molar-refractivity contribution < 1.29 is 5.11 Å². The van der Waals surface area contributed by atoms with Gasteiger partial charge in [0.1, 0.15) is 17.5 Å². The van der Waals surface area contributed by atoms with E-state index in [0.717, 1.165) is 37.6 Å². The standard InChI is InChI=1S/C21H24N4O/c22-14-17-8-9-20(23-15-17)25-13-10-21(26,18-6-2-1-3-7-18)19(16-25)24-11-4-5-12-24/h1-3,6-9,15,19,26H,4-5,10-13,16H2/t19-,21+/m1/s1. The van der Waals surface area contributed by atoms with E-state index in [1.807, 2.05) is 42.5 Å². The number of pyridine rings is 1. The van der Waals surface area contributed by atoms with E-state index in [1.54, 1.807) is 6.20 Å². The summed E-state index contributed by atoms with van der Waals surface area (Å²) in [5.74, 6) is 0.878. The first-order valence-corrected chi connectivity index (χ1v) is 9.34. The molecule has 1 N–H and O–H groups in total. The molecular formula is C21H24N4O. The molecule has 0 aliphatic carbocycles. The highest BCUT2D eigenvalue weighted by molar-refractivity contribution is 5.44. The van der Waals surface area contributed by atoms with Crippen LogP contribution in [0.4, 0.5) is 5.82 Å². The summed E-state index contributed by atoms with van der Waals surface area (Å²) in [4.78, 5) is 9.13. The molecule has 1 aromatic heterocycles. The molecular weight excluding hydrogens is 324 g/mol. The van der Waals surface area contributed by atoms with Gasteiger partial charge in [-0.05, 0) is 50.0 Å². The number of anilines is 1. The molecule has 2 aliphatic rings. The Balaban J connectivity index is 1.63. The van der Waals surface area contributed by atoms with E-state index in [4.69, 9.17) is 5.26 Å². The van der Waals surface area contributed by atoms with Crippen molar-refractivity contribution in [1.29, 1.82) is 5.26 Å². The average molecular weight is 348 g/mol. The second kappa shape index (κ2) is 7.06. The van der Waals surface area contributed by atoms with E-state index in [0.29, 0.717) is 12.0 Å². The topological polar surface area (TPSA) is 63.4 Å². The van der Waals surface area contributed by atoms with E-state index in [9.17, 15) is 5.11 Å². The molecule has 1 aromatic carbocycles. The van der Waals surface area contributed by atoms with Crippen LogP contribution in [0.5, 0.6) is 0 Å². The van der Waals surface area contributed by atoms with Gasteiger partial charge in [-0.3, -0.25) is 4.90 Å². The van der Waals surface area contributed by atoms with Crippen molar-refractivity contribution in [3.63, 3.8) is 0 Å². The zero-order chi connectivity index (χ0) is 18.0. The molecule has 0 radical (unpaired) electrons. The second-order valence-corrected chi connectivity index (χ2v) is 7.26. The third-order valence-electron chi connectivity index (χ3n) is 5.76. The van der Waals surface area contributed by atoms with Crippen molar-refractivity contribution in [2.45, 2.75) is 30.9 Å². The minimum Gasteiger partial charge on any atom is -0.383 e.